The monoisotopic (exact) mass is 410 g/mol. The van der Waals surface area contributed by atoms with Crippen molar-refractivity contribution in [1.29, 1.82) is 0 Å². The fourth-order valence-electron chi connectivity index (χ4n) is 2.43. The maximum Gasteiger partial charge on any atom is 0.283 e. The molecule has 0 aliphatic carbocycles. The fourth-order valence-corrected chi connectivity index (χ4v) is 3.32. The number of rotatable bonds is 7. The number of hydrogen-bond acceptors (Lipinski definition) is 7. The molecule has 0 saturated heterocycles. The largest absolute Gasteiger partial charge is 0.329 e. The quantitative estimate of drug-likeness (QED) is 0.246. The van der Waals surface area contributed by atoms with E-state index in [1.165, 1.54) is 54.2 Å². The van der Waals surface area contributed by atoms with Crippen LogP contribution in [-0.4, -0.2) is 25.2 Å². The summed E-state index contributed by atoms with van der Waals surface area (Å²) in [4.78, 5) is 37.9. The van der Waals surface area contributed by atoms with Crippen LogP contribution in [0.15, 0.2) is 71.0 Å². The summed E-state index contributed by atoms with van der Waals surface area (Å²) in [6.45, 7) is 0. The van der Waals surface area contributed by atoms with Crippen molar-refractivity contribution in [1.82, 2.24) is 9.55 Å². The number of aromatic nitrogens is 2. The van der Waals surface area contributed by atoms with Gasteiger partial charge >= 0.3 is 0 Å². The van der Waals surface area contributed by atoms with Gasteiger partial charge in [0.1, 0.15) is 0 Å². The van der Waals surface area contributed by atoms with E-state index in [0.717, 1.165) is 0 Å². The summed E-state index contributed by atoms with van der Waals surface area (Å²) in [5.74, 6) is -0.367. The Morgan fingerprint density at radius 2 is 1.83 bits per heavy atom. The number of non-ortho nitro benzene ring substituents is 1. The normalized spacial score (nSPS) is 10.9. The van der Waals surface area contributed by atoms with Crippen LogP contribution in [0.4, 0.5) is 11.4 Å². The molecule has 3 aromatic rings. The number of nitrogens with zero attached hydrogens (tertiary/aromatic N) is 4. The molecule has 0 aliphatic rings. The van der Waals surface area contributed by atoms with Gasteiger partial charge in [0.15, 0.2) is 10.9 Å². The molecule has 0 spiro atoms. The summed E-state index contributed by atoms with van der Waals surface area (Å²) in [6, 6.07) is 9.86. The summed E-state index contributed by atoms with van der Waals surface area (Å²) < 4.78 is 1.76. The lowest BCUT2D eigenvalue weighted by Crippen LogP contribution is -1.96. The zero-order valence-electron chi connectivity index (χ0n) is 15.1. The number of aryl methyl sites for hydroxylation is 1. The minimum Gasteiger partial charge on any atom is -0.329 e. The zero-order valence-corrected chi connectivity index (χ0v) is 15.9. The lowest BCUT2D eigenvalue weighted by atomic mass is 10.1. The molecule has 0 N–H and O–H groups in total. The minimum atomic E-state index is -0.548. The maximum absolute atomic E-state index is 12.2. The average Bonchev–Trinajstić information content (AvgIpc) is 3.11. The molecule has 0 unspecified atom stereocenters. The first-order valence-electron chi connectivity index (χ1n) is 8.25. The molecular weight excluding hydrogens is 396 g/mol. The Labute approximate surface area is 169 Å². The van der Waals surface area contributed by atoms with E-state index in [2.05, 4.69) is 4.98 Å². The highest BCUT2D eigenvalue weighted by atomic mass is 32.2. The number of hydrogen-bond donors (Lipinski definition) is 0. The average molecular weight is 410 g/mol. The van der Waals surface area contributed by atoms with Gasteiger partial charge in [0.2, 0.25) is 0 Å². The molecule has 0 saturated carbocycles. The predicted molar refractivity (Wildman–Crippen MR) is 107 cm³/mol. The predicted octanol–water partition coefficient (Wildman–Crippen LogP) is 4.28. The van der Waals surface area contributed by atoms with E-state index in [1.807, 2.05) is 0 Å². The van der Waals surface area contributed by atoms with E-state index < -0.39 is 9.85 Å². The highest BCUT2D eigenvalue weighted by Crippen LogP contribution is 2.34. The number of ketones is 1. The molecule has 3 rings (SSSR count). The number of allylic oxidation sites excluding steroid dienone is 1. The molecule has 0 amide bonds. The third kappa shape index (κ3) is 4.74. The molecule has 29 heavy (non-hydrogen) atoms. The Bertz CT molecular complexity index is 1120. The SMILES string of the molecule is Cn1ccnc1Sc1ccc(/C=C/C(=O)c2ccc([N+](=O)[O-])cc2)cc1[N+](=O)[O-]. The summed E-state index contributed by atoms with van der Waals surface area (Å²) in [6.07, 6.45) is 6.09. The van der Waals surface area contributed by atoms with Gasteiger partial charge in [0.05, 0.1) is 14.7 Å². The van der Waals surface area contributed by atoms with Gasteiger partial charge in [-0.2, -0.15) is 0 Å². The molecule has 0 fully saturated rings. The van der Waals surface area contributed by atoms with Crippen molar-refractivity contribution in [2.24, 2.45) is 7.05 Å². The third-order valence-corrected chi connectivity index (χ3v) is 5.09. The standard InChI is InChI=1S/C19H14N4O5S/c1-21-11-10-20-19(21)29-18-9-3-13(12-16(18)23(27)28)2-8-17(24)14-4-6-15(7-5-14)22(25)26/h2-12H,1H3/b8-2+. The number of carbonyl (C=O) groups is 1. The van der Waals surface area contributed by atoms with Gasteiger partial charge in [-0.15, -0.1) is 0 Å². The summed E-state index contributed by atoms with van der Waals surface area (Å²) in [5, 5.41) is 22.7. The Morgan fingerprint density at radius 1 is 1.10 bits per heavy atom. The van der Waals surface area contributed by atoms with Crippen molar-refractivity contribution in [3.05, 3.63) is 92.3 Å². The van der Waals surface area contributed by atoms with Crippen molar-refractivity contribution in [2.45, 2.75) is 10.1 Å². The molecule has 0 bridgehead atoms. The van der Waals surface area contributed by atoms with Crippen molar-refractivity contribution < 1.29 is 14.6 Å². The van der Waals surface area contributed by atoms with Gasteiger partial charge < -0.3 is 4.57 Å². The number of nitro groups is 2. The Hall–Kier alpha value is -3.79. The highest BCUT2D eigenvalue weighted by molar-refractivity contribution is 7.99. The van der Waals surface area contributed by atoms with Crippen LogP contribution < -0.4 is 0 Å². The smallest absolute Gasteiger partial charge is 0.283 e. The second-order valence-corrected chi connectivity index (χ2v) is 6.92. The van der Waals surface area contributed by atoms with Crippen molar-refractivity contribution in [3.63, 3.8) is 0 Å². The molecule has 1 aromatic heterocycles. The number of benzene rings is 2. The van der Waals surface area contributed by atoms with Crippen LogP contribution in [0.3, 0.4) is 0 Å². The minimum absolute atomic E-state index is 0.0945. The molecule has 0 aliphatic heterocycles. The molecule has 1 heterocycles. The number of nitro benzene ring substituents is 2. The van der Waals surface area contributed by atoms with Crippen LogP contribution in [0.5, 0.6) is 0 Å². The van der Waals surface area contributed by atoms with Crippen LogP contribution in [0.1, 0.15) is 15.9 Å². The summed E-state index contributed by atoms with van der Waals surface area (Å²) >= 11 is 1.17. The number of imidazole rings is 1. The van der Waals surface area contributed by atoms with Crippen molar-refractivity contribution in [3.8, 4) is 0 Å². The topological polar surface area (TPSA) is 121 Å². The van der Waals surface area contributed by atoms with E-state index in [1.54, 1.807) is 36.1 Å². The van der Waals surface area contributed by atoms with E-state index >= 15 is 0 Å². The van der Waals surface area contributed by atoms with Gasteiger partial charge in [0, 0.05) is 43.2 Å². The van der Waals surface area contributed by atoms with Crippen LogP contribution in [-0.2, 0) is 7.05 Å². The van der Waals surface area contributed by atoms with Crippen LogP contribution in [0.25, 0.3) is 6.08 Å². The molecule has 0 radical (unpaired) electrons. The molecule has 0 atom stereocenters. The van der Waals surface area contributed by atoms with Gasteiger partial charge in [-0.25, -0.2) is 4.98 Å². The van der Waals surface area contributed by atoms with Gasteiger partial charge in [-0.05, 0) is 41.6 Å². The highest BCUT2D eigenvalue weighted by Gasteiger charge is 2.17. The van der Waals surface area contributed by atoms with E-state index in [4.69, 9.17) is 0 Å². The first-order chi connectivity index (χ1) is 13.8. The van der Waals surface area contributed by atoms with Crippen molar-refractivity contribution >= 4 is 35.0 Å². The van der Waals surface area contributed by atoms with Crippen molar-refractivity contribution in [2.75, 3.05) is 0 Å². The van der Waals surface area contributed by atoms with Crippen LogP contribution in [0.2, 0.25) is 0 Å². The molecule has 2 aromatic carbocycles. The second kappa shape index (κ2) is 8.48. The summed E-state index contributed by atoms with van der Waals surface area (Å²) in [7, 11) is 1.79. The van der Waals surface area contributed by atoms with E-state index in [-0.39, 0.29) is 22.7 Å². The first-order valence-corrected chi connectivity index (χ1v) is 9.07. The lowest BCUT2D eigenvalue weighted by molar-refractivity contribution is -0.387. The molecule has 9 nitrogen and oxygen atoms in total. The third-order valence-electron chi connectivity index (χ3n) is 3.95. The van der Waals surface area contributed by atoms with E-state index in [0.29, 0.717) is 15.6 Å². The van der Waals surface area contributed by atoms with Gasteiger partial charge in [-0.1, -0.05) is 12.1 Å². The lowest BCUT2D eigenvalue weighted by Gasteiger charge is -2.04. The Kier molecular flexibility index (Phi) is 5.84. The van der Waals surface area contributed by atoms with Crippen LogP contribution in [0, 0.1) is 20.2 Å². The number of carbonyl (C=O) groups excluding carboxylic acids is 1. The van der Waals surface area contributed by atoms with E-state index in [9.17, 15) is 25.0 Å². The molecular formula is C19H14N4O5S. The maximum atomic E-state index is 12.2. The fraction of sp³-hybridized carbons (Fsp3) is 0.0526. The summed E-state index contributed by atoms with van der Waals surface area (Å²) in [5.41, 5.74) is 0.560. The Morgan fingerprint density at radius 3 is 2.41 bits per heavy atom. The zero-order chi connectivity index (χ0) is 21.0. The first kappa shape index (κ1) is 20.0. The Balaban J connectivity index is 1.80. The second-order valence-electron chi connectivity index (χ2n) is 5.91. The van der Waals surface area contributed by atoms with Crippen LogP contribution >= 0.6 is 11.8 Å². The molecule has 10 heteroatoms. The molecule has 146 valence electrons. The van der Waals surface area contributed by atoms with Gasteiger partial charge in [0.25, 0.3) is 11.4 Å². The van der Waals surface area contributed by atoms with Gasteiger partial charge in [-0.3, -0.25) is 25.0 Å².